The van der Waals surface area contributed by atoms with Gasteiger partial charge in [0, 0.05) is 24.3 Å². The Morgan fingerprint density at radius 1 is 1.11 bits per heavy atom. The maximum Gasteiger partial charge on any atom is 0.516 e. The van der Waals surface area contributed by atoms with Crippen molar-refractivity contribution in [2.75, 3.05) is 11.3 Å². The number of sulfonamides is 1. The van der Waals surface area contributed by atoms with Crippen LogP contribution in [-0.4, -0.2) is 31.3 Å². The fourth-order valence-electron chi connectivity index (χ4n) is 3.02. The molecule has 1 heterocycles. The predicted octanol–water partition coefficient (Wildman–Crippen LogP) is 3.46. The third-order valence-electron chi connectivity index (χ3n) is 4.44. The second-order valence-corrected chi connectivity index (χ2v) is 8.00. The number of fused-ring (bicyclic) bond motifs is 1. The number of nitrogens with zero attached hydrogens (tertiary/aromatic N) is 1. The molecule has 3 rings (SSSR count). The summed E-state index contributed by atoms with van der Waals surface area (Å²) in [6.07, 6.45) is 0.733. The first kappa shape index (κ1) is 19.2. The third kappa shape index (κ3) is 3.92. The van der Waals surface area contributed by atoms with E-state index < -0.39 is 15.5 Å². The highest BCUT2D eigenvalue weighted by molar-refractivity contribution is 7.93. The number of aryl methyl sites for hydroxylation is 1. The normalized spacial score (nSPS) is 14.8. The average molecular weight is 398 g/mol. The van der Waals surface area contributed by atoms with Gasteiger partial charge >= 0.3 is 15.5 Å². The van der Waals surface area contributed by atoms with E-state index in [1.165, 1.54) is 29.0 Å². The molecule has 0 aromatic heterocycles. The Hall–Kier alpha value is -2.55. The van der Waals surface area contributed by atoms with E-state index in [0.717, 1.165) is 17.5 Å². The molecule has 2 aromatic carbocycles. The second-order valence-electron chi connectivity index (χ2n) is 6.33. The van der Waals surface area contributed by atoms with Gasteiger partial charge in [0.15, 0.2) is 0 Å². The van der Waals surface area contributed by atoms with Gasteiger partial charge in [-0.2, -0.15) is 21.6 Å². The van der Waals surface area contributed by atoms with E-state index in [2.05, 4.69) is 0 Å². The van der Waals surface area contributed by atoms with Gasteiger partial charge in [-0.1, -0.05) is 24.3 Å². The summed E-state index contributed by atoms with van der Waals surface area (Å²) in [6.45, 7) is 2.79. The molecule has 5 nitrogen and oxygen atoms in total. The lowest BCUT2D eigenvalue weighted by Gasteiger charge is -2.29. The van der Waals surface area contributed by atoms with Gasteiger partial charge < -0.3 is 4.90 Å². The molecule has 1 aliphatic heterocycles. The minimum absolute atomic E-state index is 0.0956. The molecule has 2 aromatic rings. The van der Waals surface area contributed by atoms with Crippen LogP contribution >= 0.6 is 0 Å². The molecule has 0 saturated heterocycles. The van der Waals surface area contributed by atoms with Crippen LogP contribution in [0.4, 0.5) is 18.9 Å². The molecule has 0 unspecified atom stereocenters. The summed E-state index contributed by atoms with van der Waals surface area (Å²) >= 11 is 0. The Labute approximate surface area is 154 Å². The molecule has 0 fully saturated rings. The van der Waals surface area contributed by atoms with Crippen molar-refractivity contribution in [1.82, 2.24) is 4.90 Å². The van der Waals surface area contributed by atoms with E-state index in [0.29, 0.717) is 24.2 Å². The predicted molar refractivity (Wildman–Crippen MR) is 94.7 cm³/mol. The van der Waals surface area contributed by atoms with Crippen molar-refractivity contribution >= 4 is 21.6 Å². The molecule has 1 amide bonds. The van der Waals surface area contributed by atoms with Crippen molar-refractivity contribution in [1.29, 1.82) is 0 Å². The van der Waals surface area contributed by atoms with Gasteiger partial charge in [-0.15, -0.1) is 0 Å². The summed E-state index contributed by atoms with van der Waals surface area (Å²) in [5.74, 6) is -0.0956. The fourth-order valence-corrected chi connectivity index (χ4v) is 3.58. The monoisotopic (exact) mass is 398 g/mol. The number of hydrogen-bond acceptors (Lipinski definition) is 3. The number of alkyl halides is 3. The van der Waals surface area contributed by atoms with E-state index in [4.69, 9.17) is 0 Å². The van der Waals surface area contributed by atoms with Crippen LogP contribution in [-0.2, 0) is 23.0 Å². The van der Waals surface area contributed by atoms with E-state index in [-0.39, 0.29) is 11.6 Å². The van der Waals surface area contributed by atoms with Crippen molar-refractivity contribution in [3.05, 3.63) is 64.7 Å². The summed E-state index contributed by atoms with van der Waals surface area (Å²) in [5.41, 5.74) is -2.11. The zero-order valence-corrected chi connectivity index (χ0v) is 15.2. The van der Waals surface area contributed by atoms with Crippen LogP contribution in [0.25, 0.3) is 0 Å². The standard InChI is InChI=1S/C18H17F3N2O3S/c1-12-3-2-4-16-15(12)9-10-23(17(16)24)11-13-5-7-14(8-6-13)22-27(25,26)18(19,20)21/h2-8,22H,9-11H2,1H3. The SMILES string of the molecule is Cc1cccc2c1CCN(Cc1ccc(NS(=O)(=O)C(F)(F)F)cc1)C2=O. The third-order valence-corrected chi connectivity index (χ3v) is 5.56. The summed E-state index contributed by atoms with van der Waals surface area (Å²) in [5, 5.41) is 0. The first-order valence-electron chi connectivity index (χ1n) is 8.14. The molecule has 144 valence electrons. The summed E-state index contributed by atoms with van der Waals surface area (Å²) in [6, 6.07) is 11.0. The number of hydrogen-bond donors (Lipinski definition) is 1. The van der Waals surface area contributed by atoms with E-state index in [1.54, 1.807) is 11.0 Å². The van der Waals surface area contributed by atoms with E-state index in [1.807, 2.05) is 19.1 Å². The highest BCUT2D eigenvalue weighted by Gasteiger charge is 2.46. The van der Waals surface area contributed by atoms with Crippen molar-refractivity contribution in [3.63, 3.8) is 0 Å². The maximum absolute atomic E-state index is 12.6. The lowest BCUT2D eigenvalue weighted by molar-refractivity contribution is -0.0429. The van der Waals surface area contributed by atoms with Crippen molar-refractivity contribution in [2.24, 2.45) is 0 Å². The van der Waals surface area contributed by atoms with Gasteiger partial charge in [-0.3, -0.25) is 9.52 Å². The van der Waals surface area contributed by atoms with Crippen molar-refractivity contribution < 1.29 is 26.4 Å². The highest BCUT2D eigenvalue weighted by Crippen LogP contribution is 2.26. The summed E-state index contributed by atoms with van der Waals surface area (Å²) < 4.78 is 60.9. The van der Waals surface area contributed by atoms with Gasteiger partial charge in [0.25, 0.3) is 5.91 Å². The first-order valence-corrected chi connectivity index (χ1v) is 9.62. The molecule has 1 aliphatic rings. The molecule has 0 spiro atoms. The molecule has 0 saturated carbocycles. The number of rotatable bonds is 4. The quantitative estimate of drug-likeness (QED) is 0.858. The van der Waals surface area contributed by atoms with Crippen LogP contribution in [0, 0.1) is 6.92 Å². The van der Waals surface area contributed by atoms with Gasteiger partial charge in [0.1, 0.15) is 0 Å². The minimum Gasteiger partial charge on any atom is -0.334 e. The van der Waals surface area contributed by atoms with Crippen LogP contribution < -0.4 is 4.72 Å². The number of carbonyl (C=O) groups excluding carboxylic acids is 1. The maximum atomic E-state index is 12.6. The smallest absolute Gasteiger partial charge is 0.334 e. The summed E-state index contributed by atoms with van der Waals surface area (Å²) in [4.78, 5) is 14.3. The Balaban J connectivity index is 1.72. The number of halogens is 3. The number of carbonyl (C=O) groups is 1. The topological polar surface area (TPSA) is 66.5 Å². The largest absolute Gasteiger partial charge is 0.516 e. The molecule has 9 heteroatoms. The van der Waals surface area contributed by atoms with Crippen LogP contribution in [0.5, 0.6) is 0 Å². The van der Waals surface area contributed by atoms with Gasteiger partial charge in [-0.25, -0.2) is 0 Å². The number of amides is 1. The zero-order chi connectivity index (χ0) is 19.8. The number of anilines is 1. The van der Waals surface area contributed by atoms with Crippen LogP contribution in [0.3, 0.4) is 0 Å². The van der Waals surface area contributed by atoms with Crippen LogP contribution in [0.15, 0.2) is 42.5 Å². The fraction of sp³-hybridized carbons (Fsp3) is 0.278. The van der Waals surface area contributed by atoms with Gasteiger partial charge in [0.2, 0.25) is 0 Å². The molecular formula is C18H17F3N2O3S. The Morgan fingerprint density at radius 3 is 2.41 bits per heavy atom. The zero-order valence-electron chi connectivity index (χ0n) is 14.4. The Bertz CT molecular complexity index is 970. The summed E-state index contributed by atoms with van der Waals surface area (Å²) in [7, 11) is -5.45. The molecular weight excluding hydrogens is 381 g/mol. The van der Waals surface area contributed by atoms with Crippen molar-refractivity contribution in [2.45, 2.75) is 25.4 Å². The highest BCUT2D eigenvalue weighted by atomic mass is 32.2. The second kappa shape index (κ2) is 6.88. The molecule has 1 N–H and O–H groups in total. The molecule has 0 bridgehead atoms. The Morgan fingerprint density at radius 2 is 1.78 bits per heavy atom. The minimum atomic E-state index is -5.45. The van der Waals surface area contributed by atoms with E-state index >= 15 is 0 Å². The van der Waals surface area contributed by atoms with Gasteiger partial charge in [0.05, 0.1) is 0 Å². The lowest BCUT2D eigenvalue weighted by Crippen LogP contribution is -2.37. The van der Waals surface area contributed by atoms with Crippen LogP contribution in [0.1, 0.15) is 27.0 Å². The number of nitrogens with one attached hydrogen (secondary N) is 1. The average Bonchev–Trinajstić information content (AvgIpc) is 2.58. The van der Waals surface area contributed by atoms with E-state index in [9.17, 15) is 26.4 Å². The molecule has 0 aliphatic carbocycles. The molecule has 27 heavy (non-hydrogen) atoms. The number of benzene rings is 2. The Kier molecular flexibility index (Phi) is 4.90. The van der Waals surface area contributed by atoms with Gasteiger partial charge in [-0.05, 0) is 48.2 Å². The lowest BCUT2D eigenvalue weighted by atomic mass is 9.94. The van der Waals surface area contributed by atoms with Crippen molar-refractivity contribution in [3.8, 4) is 0 Å². The first-order chi connectivity index (χ1) is 12.6. The van der Waals surface area contributed by atoms with Crippen LogP contribution in [0.2, 0.25) is 0 Å². The molecule has 0 atom stereocenters. The molecule has 0 radical (unpaired) electrons.